The van der Waals surface area contributed by atoms with Crippen LogP contribution in [-0.2, 0) is 16.2 Å². The van der Waals surface area contributed by atoms with Gasteiger partial charge in [0.05, 0.1) is 0 Å². The summed E-state index contributed by atoms with van der Waals surface area (Å²) < 4.78 is 9.28. The molecule has 0 aliphatic heterocycles. The highest BCUT2D eigenvalue weighted by Crippen LogP contribution is 2.56. The van der Waals surface area contributed by atoms with Gasteiger partial charge in [0.1, 0.15) is 11.2 Å². The van der Waals surface area contributed by atoms with Crippen molar-refractivity contribution >= 4 is 70.5 Å². The van der Waals surface area contributed by atoms with Gasteiger partial charge in [0.25, 0.3) is 0 Å². The summed E-state index contributed by atoms with van der Waals surface area (Å²) in [5.41, 5.74) is 15.7. The molecule has 0 saturated carbocycles. The summed E-state index contributed by atoms with van der Waals surface area (Å²) in [5.74, 6) is 0. The van der Waals surface area contributed by atoms with Crippen molar-refractivity contribution in [3.63, 3.8) is 0 Å². The third-order valence-corrected chi connectivity index (χ3v) is 13.4. The molecule has 1 aliphatic carbocycles. The van der Waals surface area contributed by atoms with Crippen LogP contribution >= 0.6 is 11.3 Å². The molecule has 0 saturated heterocycles. The van der Waals surface area contributed by atoms with Gasteiger partial charge in [0.15, 0.2) is 0 Å². The van der Waals surface area contributed by atoms with Gasteiger partial charge in [-0.05, 0) is 104 Å². The summed E-state index contributed by atoms with van der Waals surface area (Å²) in [4.78, 5) is 2.38. The summed E-state index contributed by atoms with van der Waals surface area (Å²) >= 11 is 2.00. The van der Waals surface area contributed by atoms with E-state index in [1.165, 1.54) is 64.7 Å². The van der Waals surface area contributed by atoms with E-state index in [2.05, 4.69) is 194 Å². The molecule has 0 atom stereocenters. The van der Waals surface area contributed by atoms with Crippen LogP contribution in [0.1, 0.15) is 77.6 Å². The second kappa shape index (κ2) is 12.2. The van der Waals surface area contributed by atoms with Crippen LogP contribution in [0.5, 0.6) is 0 Å². The number of benzene rings is 7. The van der Waals surface area contributed by atoms with Crippen molar-refractivity contribution < 1.29 is 4.42 Å². The maximum absolute atomic E-state index is 6.44. The number of para-hydroxylation sites is 1. The Hall–Kier alpha value is -5.64. The topological polar surface area (TPSA) is 16.4 Å². The lowest BCUT2D eigenvalue weighted by Crippen LogP contribution is -2.16. The van der Waals surface area contributed by atoms with E-state index in [4.69, 9.17) is 4.42 Å². The van der Waals surface area contributed by atoms with Gasteiger partial charge >= 0.3 is 0 Å². The molecule has 10 rings (SSSR count). The molecule has 0 bridgehead atoms. The van der Waals surface area contributed by atoms with E-state index >= 15 is 0 Å². The van der Waals surface area contributed by atoms with Crippen molar-refractivity contribution in [2.45, 2.75) is 71.6 Å². The molecule has 0 radical (unpaired) electrons. The zero-order chi connectivity index (χ0) is 38.7. The molecule has 0 unspecified atom stereocenters. The Morgan fingerprint density at radius 2 is 1.14 bits per heavy atom. The Kier molecular flexibility index (Phi) is 7.57. The molecule has 0 fully saturated rings. The Bertz CT molecular complexity index is 3000. The van der Waals surface area contributed by atoms with E-state index in [0.29, 0.717) is 0 Å². The van der Waals surface area contributed by atoms with Crippen LogP contribution in [-0.4, -0.2) is 0 Å². The SMILES string of the molecule is CC(C)(C)c1cc(C(C)(C)C)c2sc3c4c(ccc3c2c1)-c1cc(N(c2ccc(-c3ccccc3)cc2)c2ccc3c(c2)oc2ccccc23)ccc1C4(C)C. The number of fused-ring (bicyclic) bond motifs is 10. The predicted octanol–water partition coefficient (Wildman–Crippen LogP) is 16.0. The van der Waals surface area contributed by atoms with Gasteiger partial charge < -0.3 is 9.32 Å². The fourth-order valence-corrected chi connectivity index (χ4v) is 10.8. The lowest BCUT2D eigenvalue weighted by Gasteiger charge is -2.27. The van der Waals surface area contributed by atoms with E-state index in [0.717, 1.165) is 39.0 Å². The van der Waals surface area contributed by atoms with E-state index in [-0.39, 0.29) is 16.2 Å². The second-order valence-corrected chi connectivity index (χ2v) is 19.3. The van der Waals surface area contributed by atoms with E-state index in [9.17, 15) is 0 Å². The molecule has 3 heteroatoms. The zero-order valence-corrected chi connectivity index (χ0v) is 34.4. The average Bonchev–Trinajstić information content (AvgIpc) is 3.81. The lowest BCUT2D eigenvalue weighted by molar-refractivity contribution is 0.573. The standard InChI is InChI=1S/C53H47NOS/c1-51(2,3)34-28-43-41-26-25-40-42-30-36(23-27-44(42)53(7,8)48(40)50(41)56-49(43)45(29-34)52(4,5)6)54(35-20-18-33(19-21-35)32-14-10-9-11-15-32)37-22-24-39-38-16-12-13-17-46(38)55-47(39)31-37/h9-31H,1-8H3. The number of nitrogens with zero attached hydrogens (tertiary/aromatic N) is 1. The molecule has 0 amide bonds. The summed E-state index contributed by atoms with van der Waals surface area (Å²) in [6.45, 7) is 18.9. The predicted molar refractivity (Wildman–Crippen MR) is 242 cm³/mol. The molecule has 2 heterocycles. The minimum Gasteiger partial charge on any atom is -0.456 e. The summed E-state index contributed by atoms with van der Waals surface area (Å²) in [6, 6.07) is 51.4. The highest BCUT2D eigenvalue weighted by molar-refractivity contribution is 7.26. The molecule has 276 valence electrons. The first-order valence-electron chi connectivity index (χ1n) is 19.8. The van der Waals surface area contributed by atoms with Crippen molar-refractivity contribution in [1.82, 2.24) is 0 Å². The quantitative estimate of drug-likeness (QED) is 0.178. The smallest absolute Gasteiger partial charge is 0.137 e. The van der Waals surface area contributed by atoms with Gasteiger partial charge in [-0.3, -0.25) is 0 Å². The molecule has 2 nitrogen and oxygen atoms in total. The van der Waals surface area contributed by atoms with Gasteiger partial charge in [-0.2, -0.15) is 0 Å². The largest absolute Gasteiger partial charge is 0.456 e. The van der Waals surface area contributed by atoms with Crippen molar-refractivity contribution in [2.24, 2.45) is 0 Å². The summed E-state index contributed by atoms with van der Waals surface area (Å²) in [7, 11) is 0. The monoisotopic (exact) mass is 745 g/mol. The minimum absolute atomic E-state index is 0.0328. The van der Waals surface area contributed by atoms with Gasteiger partial charge in [-0.1, -0.05) is 140 Å². The zero-order valence-electron chi connectivity index (χ0n) is 33.5. The van der Waals surface area contributed by atoms with Crippen LogP contribution in [0.2, 0.25) is 0 Å². The molecular formula is C53H47NOS. The first-order chi connectivity index (χ1) is 26.8. The molecule has 2 aromatic heterocycles. The van der Waals surface area contributed by atoms with Crippen molar-refractivity contribution in [3.05, 3.63) is 162 Å². The first-order valence-corrected chi connectivity index (χ1v) is 20.7. The third kappa shape index (κ3) is 5.35. The van der Waals surface area contributed by atoms with E-state index in [1.807, 2.05) is 17.4 Å². The Labute approximate surface area is 334 Å². The first kappa shape index (κ1) is 34.8. The van der Waals surface area contributed by atoms with Crippen molar-refractivity contribution in [1.29, 1.82) is 0 Å². The molecule has 56 heavy (non-hydrogen) atoms. The van der Waals surface area contributed by atoms with Crippen LogP contribution in [0.3, 0.4) is 0 Å². The van der Waals surface area contributed by atoms with Gasteiger partial charge in [-0.15, -0.1) is 11.3 Å². The maximum atomic E-state index is 6.44. The fourth-order valence-electron chi connectivity index (χ4n) is 9.09. The normalized spacial score (nSPS) is 13.9. The molecule has 1 aliphatic rings. The van der Waals surface area contributed by atoms with Gasteiger partial charge in [-0.25, -0.2) is 0 Å². The molecule has 9 aromatic rings. The Morgan fingerprint density at radius 3 is 1.89 bits per heavy atom. The fraction of sp³-hybridized carbons (Fsp3) is 0.208. The minimum atomic E-state index is -0.159. The Morgan fingerprint density at radius 1 is 0.500 bits per heavy atom. The highest BCUT2D eigenvalue weighted by atomic mass is 32.1. The van der Waals surface area contributed by atoms with Crippen LogP contribution in [0.4, 0.5) is 17.1 Å². The van der Waals surface area contributed by atoms with Crippen LogP contribution in [0.25, 0.3) is 64.4 Å². The second-order valence-electron chi connectivity index (χ2n) is 18.2. The van der Waals surface area contributed by atoms with Crippen LogP contribution < -0.4 is 4.90 Å². The molecular weight excluding hydrogens is 699 g/mol. The number of hydrogen-bond donors (Lipinski definition) is 0. The lowest BCUT2D eigenvalue weighted by atomic mass is 9.79. The number of hydrogen-bond acceptors (Lipinski definition) is 3. The number of rotatable bonds is 4. The number of thiophene rings is 1. The average molecular weight is 746 g/mol. The van der Waals surface area contributed by atoms with E-state index in [1.54, 1.807) is 0 Å². The molecule has 7 aromatic carbocycles. The summed E-state index contributed by atoms with van der Waals surface area (Å²) in [6.07, 6.45) is 0. The number of anilines is 3. The van der Waals surface area contributed by atoms with Gasteiger partial charge in [0.2, 0.25) is 0 Å². The summed E-state index contributed by atoms with van der Waals surface area (Å²) in [5, 5.41) is 5.04. The third-order valence-electron chi connectivity index (χ3n) is 12.1. The van der Waals surface area contributed by atoms with Crippen LogP contribution in [0.15, 0.2) is 144 Å². The van der Waals surface area contributed by atoms with Crippen LogP contribution in [0, 0.1) is 0 Å². The van der Waals surface area contributed by atoms with Crippen molar-refractivity contribution in [3.8, 4) is 22.3 Å². The molecule has 0 spiro atoms. The Balaban J connectivity index is 1.16. The highest BCUT2D eigenvalue weighted by Gasteiger charge is 2.39. The number of furan rings is 1. The van der Waals surface area contributed by atoms with Gasteiger partial charge in [0, 0.05) is 59.5 Å². The van der Waals surface area contributed by atoms with Crippen molar-refractivity contribution in [2.75, 3.05) is 4.90 Å². The molecule has 0 N–H and O–H groups in total. The maximum Gasteiger partial charge on any atom is 0.137 e. The van der Waals surface area contributed by atoms with E-state index < -0.39 is 0 Å².